The van der Waals surface area contributed by atoms with Crippen LogP contribution in [-0.4, -0.2) is 31.8 Å². The van der Waals surface area contributed by atoms with Crippen LogP contribution in [0.2, 0.25) is 0 Å². The molecule has 8 heteroatoms. The van der Waals surface area contributed by atoms with Gasteiger partial charge in [0.2, 0.25) is 0 Å². The van der Waals surface area contributed by atoms with Gasteiger partial charge in [-0.05, 0) is 25.1 Å². The van der Waals surface area contributed by atoms with Crippen molar-refractivity contribution in [2.75, 3.05) is 7.11 Å². The van der Waals surface area contributed by atoms with Crippen molar-refractivity contribution in [3.63, 3.8) is 0 Å². The van der Waals surface area contributed by atoms with Gasteiger partial charge in [-0.3, -0.25) is 10.1 Å². The molecule has 106 valence electrons. The van der Waals surface area contributed by atoms with Crippen LogP contribution >= 0.6 is 0 Å². The Morgan fingerprint density at radius 2 is 2.14 bits per heavy atom. The van der Waals surface area contributed by atoms with Gasteiger partial charge in [-0.15, -0.1) is 0 Å². The molecule has 3 rings (SSSR count). The molecular weight excluding hydrogens is 274 g/mol. The summed E-state index contributed by atoms with van der Waals surface area (Å²) in [6.07, 6.45) is 2.50. The summed E-state index contributed by atoms with van der Waals surface area (Å²) in [6.45, 7) is 1.76. The van der Waals surface area contributed by atoms with Gasteiger partial charge in [0.05, 0.1) is 17.5 Å². The molecule has 0 saturated heterocycles. The Kier molecular flexibility index (Phi) is 2.98. The second-order valence-electron chi connectivity index (χ2n) is 4.38. The fourth-order valence-electron chi connectivity index (χ4n) is 2.03. The number of aromatic nitrogens is 4. The van der Waals surface area contributed by atoms with Crippen molar-refractivity contribution < 1.29 is 9.66 Å². The Bertz CT molecular complexity index is 843. The Morgan fingerprint density at radius 3 is 2.81 bits per heavy atom. The molecule has 0 amide bonds. The number of nitro groups is 1. The number of aryl methyl sites for hydroxylation is 1. The van der Waals surface area contributed by atoms with Crippen molar-refractivity contribution in [3.8, 4) is 11.6 Å². The standard InChI is InChI=1S/C13H11N5O3/c1-8-15-12-4-3-10(21-2)5-11(12)13(16-8)17-7-9(6-14-17)18(19)20/h3-7H,1-2H3. The van der Waals surface area contributed by atoms with Crippen molar-refractivity contribution in [1.29, 1.82) is 0 Å². The summed E-state index contributed by atoms with van der Waals surface area (Å²) in [5, 5.41) is 15.5. The Labute approximate surface area is 119 Å². The molecule has 0 saturated carbocycles. The normalized spacial score (nSPS) is 10.8. The highest BCUT2D eigenvalue weighted by molar-refractivity contribution is 5.86. The van der Waals surface area contributed by atoms with E-state index < -0.39 is 4.92 Å². The number of hydrogen-bond donors (Lipinski definition) is 0. The second kappa shape index (κ2) is 4.82. The molecule has 2 aromatic heterocycles. The van der Waals surface area contributed by atoms with Gasteiger partial charge < -0.3 is 4.74 Å². The van der Waals surface area contributed by atoms with E-state index in [2.05, 4.69) is 15.1 Å². The van der Waals surface area contributed by atoms with E-state index in [0.29, 0.717) is 22.8 Å². The molecule has 0 unspecified atom stereocenters. The van der Waals surface area contributed by atoms with Crippen LogP contribution in [0.25, 0.3) is 16.7 Å². The van der Waals surface area contributed by atoms with Crippen LogP contribution < -0.4 is 4.74 Å². The molecule has 0 N–H and O–H groups in total. The predicted octanol–water partition coefficient (Wildman–Crippen LogP) is 2.04. The maximum absolute atomic E-state index is 10.8. The third kappa shape index (κ3) is 2.27. The van der Waals surface area contributed by atoms with Crippen molar-refractivity contribution in [1.82, 2.24) is 19.7 Å². The number of nitrogens with zero attached hydrogens (tertiary/aromatic N) is 5. The zero-order chi connectivity index (χ0) is 15.0. The number of methoxy groups -OCH3 is 1. The third-order valence-electron chi connectivity index (χ3n) is 2.99. The van der Waals surface area contributed by atoms with Crippen molar-refractivity contribution in [3.05, 3.63) is 46.5 Å². The third-order valence-corrected chi connectivity index (χ3v) is 2.99. The SMILES string of the molecule is COc1ccc2nc(C)nc(-n3cc([N+](=O)[O-])cn3)c2c1. The average Bonchev–Trinajstić information content (AvgIpc) is 2.95. The number of hydrogen-bond acceptors (Lipinski definition) is 6. The Hall–Kier alpha value is -3.03. The van der Waals surface area contributed by atoms with Crippen LogP contribution in [-0.2, 0) is 0 Å². The highest BCUT2D eigenvalue weighted by atomic mass is 16.6. The van der Waals surface area contributed by atoms with E-state index >= 15 is 0 Å². The smallest absolute Gasteiger partial charge is 0.307 e. The van der Waals surface area contributed by atoms with E-state index in [1.165, 1.54) is 17.1 Å². The molecule has 3 aromatic rings. The molecule has 0 aliphatic heterocycles. The summed E-state index contributed by atoms with van der Waals surface area (Å²) in [6, 6.07) is 5.38. The molecule has 0 aliphatic carbocycles. The van der Waals surface area contributed by atoms with E-state index in [-0.39, 0.29) is 5.69 Å². The lowest BCUT2D eigenvalue weighted by Crippen LogP contribution is -2.03. The molecular formula is C13H11N5O3. The van der Waals surface area contributed by atoms with Gasteiger partial charge in [-0.25, -0.2) is 14.6 Å². The number of fused-ring (bicyclic) bond motifs is 1. The minimum atomic E-state index is -0.500. The van der Waals surface area contributed by atoms with Crippen LogP contribution in [0.4, 0.5) is 5.69 Å². The average molecular weight is 285 g/mol. The maximum atomic E-state index is 10.8. The molecule has 0 radical (unpaired) electrons. The van der Waals surface area contributed by atoms with E-state index in [4.69, 9.17) is 4.74 Å². The summed E-state index contributed by atoms with van der Waals surface area (Å²) in [5.41, 5.74) is 0.624. The van der Waals surface area contributed by atoms with Crippen molar-refractivity contribution in [2.24, 2.45) is 0 Å². The van der Waals surface area contributed by atoms with Crippen LogP contribution in [0.3, 0.4) is 0 Å². The highest BCUT2D eigenvalue weighted by Gasteiger charge is 2.14. The quantitative estimate of drug-likeness (QED) is 0.539. The fraction of sp³-hybridized carbons (Fsp3) is 0.154. The first-order valence-electron chi connectivity index (χ1n) is 6.10. The molecule has 1 aromatic carbocycles. The second-order valence-corrected chi connectivity index (χ2v) is 4.38. The van der Waals surface area contributed by atoms with Gasteiger partial charge in [-0.1, -0.05) is 0 Å². The first-order chi connectivity index (χ1) is 10.1. The first kappa shape index (κ1) is 13.0. The Morgan fingerprint density at radius 1 is 1.33 bits per heavy atom. The van der Waals surface area contributed by atoms with Gasteiger partial charge in [0.15, 0.2) is 5.82 Å². The molecule has 21 heavy (non-hydrogen) atoms. The summed E-state index contributed by atoms with van der Waals surface area (Å²) < 4.78 is 6.56. The largest absolute Gasteiger partial charge is 0.497 e. The van der Waals surface area contributed by atoms with Gasteiger partial charge in [0.25, 0.3) is 0 Å². The Balaban J connectivity index is 2.26. The molecule has 8 nitrogen and oxygen atoms in total. The van der Waals surface area contributed by atoms with Crippen molar-refractivity contribution in [2.45, 2.75) is 6.92 Å². The summed E-state index contributed by atoms with van der Waals surface area (Å²) in [4.78, 5) is 18.9. The van der Waals surface area contributed by atoms with Crippen LogP contribution in [0.15, 0.2) is 30.6 Å². The first-order valence-corrected chi connectivity index (χ1v) is 6.10. The zero-order valence-corrected chi connectivity index (χ0v) is 11.3. The molecule has 0 atom stereocenters. The lowest BCUT2D eigenvalue weighted by atomic mass is 10.2. The minimum Gasteiger partial charge on any atom is -0.497 e. The van der Waals surface area contributed by atoms with E-state index in [1.54, 1.807) is 26.2 Å². The van der Waals surface area contributed by atoms with Gasteiger partial charge >= 0.3 is 5.69 Å². The maximum Gasteiger partial charge on any atom is 0.307 e. The van der Waals surface area contributed by atoms with E-state index in [0.717, 1.165) is 5.52 Å². The van der Waals surface area contributed by atoms with Crippen LogP contribution in [0.1, 0.15) is 5.82 Å². The summed E-state index contributed by atoms with van der Waals surface area (Å²) in [5.74, 6) is 1.68. The predicted molar refractivity (Wildman–Crippen MR) is 74.6 cm³/mol. The highest BCUT2D eigenvalue weighted by Crippen LogP contribution is 2.25. The molecule has 0 fully saturated rings. The fourth-order valence-corrected chi connectivity index (χ4v) is 2.03. The van der Waals surface area contributed by atoms with Gasteiger partial charge in [0.1, 0.15) is 24.0 Å². The van der Waals surface area contributed by atoms with Gasteiger partial charge in [-0.2, -0.15) is 5.10 Å². The number of ether oxygens (including phenoxy) is 1. The van der Waals surface area contributed by atoms with Gasteiger partial charge in [0, 0.05) is 5.39 Å². The monoisotopic (exact) mass is 285 g/mol. The van der Waals surface area contributed by atoms with Crippen LogP contribution in [0, 0.1) is 17.0 Å². The topological polar surface area (TPSA) is 96.0 Å². The van der Waals surface area contributed by atoms with E-state index in [9.17, 15) is 10.1 Å². The van der Waals surface area contributed by atoms with E-state index in [1.807, 2.05) is 6.07 Å². The molecule has 0 spiro atoms. The van der Waals surface area contributed by atoms with Crippen molar-refractivity contribution >= 4 is 16.6 Å². The number of rotatable bonds is 3. The summed E-state index contributed by atoms with van der Waals surface area (Å²) in [7, 11) is 1.56. The summed E-state index contributed by atoms with van der Waals surface area (Å²) >= 11 is 0. The molecule has 0 aliphatic rings. The molecule has 2 heterocycles. The zero-order valence-electron chi connectivity index (χ0n) is 11.3. The lowest BCUT2D eigenvalue weighted by molar-refractivity contribution is -0.384. The number of benzene rings is 1. The van der Waals surface area contributed by atoms with Crippen LogP contribution in [0.5, 0.6) is 5.75 Å². The molecule has 0 bridgehead atoms. The lowest BCUT2D eigenvalue weighted by Gasteiger charge is -2.08. The minimum absolute atomic E-state index is 0.0951.